The third-order valence-corrected chi connectivity index (χ3v) is 3.14. The van der Waals surface area contributed by atoms with Gasteiger partial charge in [0.1, 0.15) is 6.10 Å². The molecule has 0 aromatic heterocycles. The summed E-state index contributed by atoms with van der Waals surface area (Å²) < 4.78 is 16.3. The number of carbonyl (C=O) groups excluding carboxylic acids is 1. The van der Waals surface area contributed by atoms with Gasteiger partial charge < -0.3 is 25.1 Å². The molecule has 1 saturated heterocycles. The fourth-order valence-electron chi connectivity index (χ4n) is 2.20. The number of ether oxygens (including phenoxy) is 3. The van der Waals surface area contributed by atoms with Gasteiger partial charge in [-0.1, -0.05) is 6.58 Å². The van der Waals surface area contributed by atoms with Crippen LogP contribution in [-0.4, -0.2) is 48.3 Å². The van der Waals surface area contributed by atoms with Crippen LogP contribution in [0.4, 0.5) is 0 Å². The predicted molar refractivity (Wildman–Crippen MR) is 73.9 cm³/mol. The lowest BCUT2D eigenvalue weighted by atomic mass is 10.0. The minimum absolute atomic E-state index is 0.0967. The van der Waals surface area contributed by atoms with Crippen LogP contribution in [-0.2, 0) is 19.0 Å². The van der Waals surface area contributed by atoms with Crippen molar-refractivity contribution >= 4 is 5.97 Å². The molecule has 1 fully saturated rings. The van der Waals surface area contributed by atoms with E-state index in [1.54, 1.807) is 20.8 Å². The van der Waals surface area contributed by atoms with Gasteiger partial charge >= 0.3 is 5.97 Å². The molecule has 6 nitrogen and oxygen atoms in total. The molecule has 1 heterocycles. The molecule has 0 amide bonds. The highest BCUT2D eigenvalue weighted by Crippen LogP contribution is 2.32. The quantitative estimate of drug-likeness (QED) is 0.530. The highest BCUT2D eigenvalue weighted by atomic mass is 16.8. The van der Waals surface area contributed by atoms with Crippen molar-refractivity contribution in [2.24, 2.45) is 5.73 Å². The SMILES string of the molecule is C=C(CCC1OC(C)(C)OC1[C@H](O)CN)C(=O)OCC. The van der Waals surface area contributed by atoms with Gasteiger partial charge in [0.25, 0.3) is 0 Å². The molecule has 0 spiro atoms. The molecular weight excluding hydrogens is 262 g/mol. The Bertz CT molecular complexity index is 355. The van der Waals surface area contributed by atoms with Gasteiger partial charge in [-0.25, -0.2) is 4.79 Å². The van der Waals surface area contributed by atoms with E-state index in [2.05, 4.69) is 6.58 Å². The zero-order valence-corrected chi connectivity index (χ0v) is 12.4. The Labute approximate surface area is 119 Å². The van der Waals surface area contributed by atoms with Crippen molar-refractivity contribution in [1.29, 1.82) is 0 Å². The first kappa shape index (κ1) is 17.1. The summed E-state index contributed by atoms with van der Waals surface area (Å²) in [6.07, 6.45) is -0.670. The monoisotopic (exact) mass is 287 g/mol. The predicted octanol–water partition coefficient (Wildman–Crippen LogP) is 0.726. The molecule has 2 unspecified atom stereocenters. The molecule has 3 N–H and O–H groups in total. The normalized spacial score (nSPS) is 26.2. The standard InChI is InChI=1S/C14H25NO5/c1-5-18-13(17)9(2)6-7-11-12(10(16)8-15)20-14(3,4)19-11/h10-12,16H,2,5-8,15H2,1,3-4H3/t10-,11?,12?/m1/s1. The lowest BCUT2D eigenvalue weighted by Gasteiger charge is -2.21. The summed E-state index contributed by atoms with van der Waals surface area (Å²) in [5.74, 6) is -1.17. The average Bonchev–Trinajstić information content (AvgIpc) is 2.70. The number of nitrogens with two attached hydrogens (primary N) is 1. The van der Waals surface area contributed by atoms with Crippen LogP contribution >= 0.6 is 0 Å². The summed E-state index contributed by atoms with van der Waals surface area (Å²) in [6, 6.07) is 0. The Hall–Kier alpha value is -0.950. The molecule has 0 aliphatic carbocycles. The van der Waals surface area contributed by atoms with Gasteiger partial charge in [0, 0.05) is 12.1 Å². The highest BCUT2D eigenvalue weighted by molar-refractivity contribution is 5.87. The summed E-state index contributed by atoms with van der Waals surface area (Å²) in [6.45, 7) is 9.43. The van der Waals surface area contributed by atoms with Crippen LogP contribution in [0.2, 0.25) is 0 Å². The zero-order valence-electron chi connectivity index (χ0n) is 12.4. The van der Waals surface area contributed by atoms with Crippen molar-refractivity contribution in [3.63, 3.8) is 0 Å². The number of aliphatic hydroxyl groups excluding tert-OH is 1. The molecule has 116 valence electrons. The maximum absolute atomic E-state index is 11.5. The van der Waals surface area contributed by atoms with E-state index < -0.39 is 24.0 Å². The fraction of sp³-hybridized carbons (Fsp3) is 0.786. The van der Waals surface area contributed by atoms with E-state index in [-0.39, 0.29) is 12.6 Å². The highest BCUT2D eigenvalue weighted by Gasteiger charge is 2.44. The summed E-state index contributed by atoms with van der Waals surface area (Å²) in [7, 11) is 0. The minimum atomic E-state index is -0.794. The summed E-state index contributed by atoms with van der Waals surface area (Å²) in [5, 5.41) is 9.87. The smallest absolute Gasteiger partial charge is 0.333 e. The molecule has 0 aromatic rings. The van der Waals surface area contributed by atoms with Gasteiger partial charge in [0.05, 0.1) is 18.8 Å². The number of hydrogen-bond donors (Lipinski definition) is 2. The van der Waals surface area contributed by atoms with Crippen molar-refractivity contribution in [3.05, 3.63) is 12.2 Å². The van der Waals surface area contributed by atoms with Crippen molar-refractivity contribution in [2.75, 3.05) is 13.2 Å². The van der Waals surface area contributed by atoms with Crippen molar-refractivity contribution in [2.45, 2.75) is 57.7 Å². The van der Waals surface area contributed by atoms with Crippen molar-refractivity contribution in [1.82, 2.24) is 0 Å². The van der Waals surface area contributed by atoms with Crippen LogP contribution in [0.25, 0.3) is 0 Å². The summed E-state index contributed by atoms with van der Waals surface area (Å²) in [5.41, 5.74) is 5.86. The van der Waals surface area contributed by atoms with Gasteiger partial charge in [-0.3, -0.25) is 0 Å². The number of carbonyl (C=O) groups is 1. The van der Waals surface area contributed by atoms with E-state index in [9.17, 15) is 9.90 Å². The van der Waals surface area contributed by atoms with E-state index in [0.29, 0.717) is 25.0 Å². The molecule has 3 atom stereocenters. The molecule has 1 rings (SSSR count). The van der Waals surface area contributed by atoms with Crippen LogP contribution in [0.5, 0.6) is 0 Å². The molecule has 1 aliphatic heterocycles. The maximum atomic E-state index is 11.5. The maximum Gasteiger partial charge on any atom is 0.333 e. The second-order valence-corrected chi connectivity index (χ2v) is 5.30. The first-order chi connectivity index (χ1) is 9.30. The Kier molecular flexibility index (Phi) is 6.13. The largest absolute Gasteiger partial charge is 0.463 e. The topological polar surface area (TPSA) is 91.0 Å². The Morgan fingerprint density at radius 3 is 2.70 bits per heavy atom. The number of aliphatic hydroxyl groups is 1. The molecule has 0 radical (unpaired) electrons. The van der Waals surface area contributed by atoms with E-state index in [0.717, 1.165) is 0 Å². The molecule has 0 bridgehead atoms. The third-order valence-electron chi connectivity index (χ3n) is 3.14. The molecule has 1 aliphatic rings. The Balaban J connectivity index is 2.56. The van der Waals surface area contributed by atoms with Crippen LogP contribution in [0.15, 0.2) is 12.2 Å². The third kappa shape index (κ3) is 4.56. The van der Waals surface area contributed by atoms with Crippen LogP contribution in [0, 0.1) is 0 Å². The lowest BCUT2D eigenvalue weighted by Crippen LogP contribution is -2.40. The van der Waals surface area contributed by atoms with E-state index in [1.165, 1.54) is 0 Å². The number of rotatable bonds is 7. The van der Waals surface area contributed by atoms with Crippen molar-refractivity contribution in [3.8, 4) is 0 Å². The first-order valence-electron chi connectivity index (χ1n) is 6.89. The van der Waals surface area contributed by atoms with Gasteiger partial charge in [-0.05, 0) is 33.6 Å². The second kappa shape index (κ2) is 7.17. The van der Waals surface area contributed by atoms with E-state index in [4.69, 9.17) is 19.9 Å². The van der Waals surface area contributed by atoms with Gasteiger partial charge in [-0.15, -0.1) is 0 Å². The zero-order chi connectivity index (χ0) is 15.3. The van der Waals surface area contributed by atoms with Gasteiger partial charge in [-0.2, -0.15) is 0 Å². The fourth-order valence-corrected chi connectivity index (χ4v) is 2.20. The van der Waals surface area contributed by atoms with Crippen molar-refractivity contribution < 1.29 is 24.1 Å². The van der Waals surface area contributed by atoms with E-state index >= 15 is 0 Å². The lowest BCUT2D eigenvalue weighted by molar-refractivity contribution is -0.154. The minimum Gasteiger partial charge on any atom is -0.463 e. The van der Waals surface area contributed by atoms with Crippen LogP contribution < -0.4 is 5.73 Å². The molecule has 0 saturated carbocycles. The molecule has 6 heteroatoms. The first-order valence-corrected chi connectivity index (χ1v) is 6.89. The Morgan fingerprint density at radius 2 is 2.15 bits per heavy atom. The Morgan fingerprint density at radius 1 is 1.50 bits per heavy atom. The molecule has 0 aromatic carbocycles. The molecular formula is C14H25NO5. The summed E-state index contributed by atoms with van der Waals surface area (Å²) in [4.78, 5) is 11.5. The second-order valence-electron chi connectivity index (χ2n) is 5.30. The molecule has 20 heavy (non-hydrogen) atoms. The van der Waals surface area contributed by atoms with Gasteiger partial charge in [0.15, 0.2) is 5.79 Å². The average molecular weight is 287 g/mol. The summed E-state index contributed by atoms with van der Waals surface area (Å²) >= 11 is 0. The van der Waals surface area contributed by atoms with Gasteiger partial charge in [0.2, 0.25) is 0 Å². The van der Waals surface area contributed by atoms with E-state index in [1.807, 2.05) is 0 Å². The van der Waals surface area contributed by atoms with Crippen LogP contribution in [0.1, 0.15) is 33.6 Å². The van der Waals surface area contributed by atoms with Crippen LogP contribution in [0.3, 0.4) is 0 Å². The number of esters is 1. The number of hydrogen-bond acceptors (Lipinski definition) is 6.